The Morgan fingerprint density at radius 2 is 1.70 bits per heavy atom. The van der Waals surface area contributed by atoms with Crippen LogP contribution < -0.4 is 4.72 Å². The second-order valence-electron chi connectivity index (χ2n) is 6.15. The quantitative estimate of drug-likeness (QED) is 0.777. The van der Waals surface area contributed by atoms with Crippen LogP contribution in [0.2, 0.25) is 0 Å². The minimum Gasteiger partial charge on any atom is -0.242 e. The third kappa shape index (κ3) is 4.68. The molecule has 0 fully saturated rings. The highest BCUT2D eigenvalue weighted by molar-refractivity contribution is 9.10. The maximum absolute atomic E-state index is 14.2. The fourth-order valence-electron chi connectivity index (χ4n) is 1.99. The van der Waals surface area contributed by atoms with E-state index in [-0.39, 0.29) is 5.56 Å². The first kappa shape index (κ1) is 18.2. The Kier molecular flexibility index (Phi) is 5.70. The van der Waals surface area contributed by atoms with E-state index in [2.05, 4.69) is 20.7 Å². The standard InChI is InChI=1S/C17H18BrF2NOS/c1-17(2,3)23(22)21-16(11-4-6-12(18)7-5-11)14-9-8-13(19)10-15(14)20/h4-10,16,21H,1-3H3. The van der Waals surface area contributed by atoms with Crippen LogP contribution in [0.5, 0.6) is 0 Å². The summed E-state index contributed by atoms with van der Waals surface area (Å²) in [5, 5.41) is 0. The molecule has 0 heterocycles. The van der Waals surface area contributed by atoms with Gasteiger partial charge in [-0.05, 0) is 44.5 Å². The SMILES string of the molecule is CC(C)(C)S(=O)NC(c1ccc(Br)cc1)c1ccc(F)cc1F. The van der Waals surface area contributed by atoms with Crippen LogP contribution in [0.1, 0.15) is 37.9 Å². The molecule has 23 heavy (non-hydrogen) atoms. The third-order valence-electron chi connectivity index (χ3n) is 3.26. The number of nitrogens with one attached hydrogen (secondary N) is 1. The van der Waals surface area contributed by atoms with Crippen molar-refractivity contribution in [3.05, 3.63) is 69.7 Å². The molecular formula is C17H18BrF2NOS. The molecule has 2 atom stereocenters. The highest BCUT2D eigenvalue weighted by Gasteiger charge is 2.26. The van der Waals surface area contributed by atoms with Gasteiger partial charge in [0.2, 0.25) is 0 Å². The fraction of sp³-hybridized carbons (Fsp3) is 0.294. The van der Waals surface area contributed by atoms with Gasteiger partial charge in [0.25, 0.3) is 0 Å². The molecule has 0 aliphatic heterocycles. The van der Waals surface area contributed by atoms with E-state index in [0.29, 0.717) is 0 Å². The summed E-state index contributed by atoms with van der Waals surface area (Å²) in [5.41, 5.74) is 1.00. The van der Waals surface area contributed by atoms with Gasteiger partial charge < -0.3 is 0 Å². The van der Waals surface area contributed by atoms with E-state index >= 15 is 0 Å². The summed E-state index contributed by atoms with van der Waals surface area (Å²) in [6.45, 7) is 5.49. The van der Waals surface area contributed by atoms with Crippen molar-refractivity contribution in [1.82, 2.24) is 4.72 Å². The molecule has 2 unspecified atom stereocenters. The van der Waals surface area contributed by atoms with Crippen LogP contribution in [0.3, 0.4) is 0 Å². The summed E-state index contributed by atoms with van der Waals surface area (Å²) in [6.07, 6.45) is 0. The highest BCUT2D eigenvalue weighted by atomic mass is 79.9. The Labute approximate surface area is 146 Å². The van der Waals surface area contributed by atoms with Crippen LogP contribution in [0.15, 0.2) is 46.9 Å². The average molecular weight is 402 g/mol. The largest absolute Gasteiger partial charge is 0.242 e. The van der Waals surface area contributed by atoms with Gasteiger partial charge in [-0.15, -0.1) is 0 Å². The summed E-state index contributed by atoms with van der Waals surface area (Å²) in [6, 6.07) is 10.0. The van der Waals surface area contributed by atoms with E-state index in [9.17, 15) is 13.0 Å². The predicted octanol–water partition coefficient (Wildman–Crippen LogP) is 4.87. The summed E-state index contributed by atoms with van der Waals surface area (Å²) in [4.78, 5) is 0. The zero-order chi connectivity index (χ0) is 17.2. The van der Waals surface area contributed by atoms with Crippen molar-refractivity contribution in [3.63, 3.8) is 0 Å². The monoisotopic (exact) mass is 401 g/mol. The molecule has 0 saturated heterocycles. The maximum atomic E-state index is 14.2. The molecule has 2 aromatic carbocycles. The van der Waals surface area contributed by atoms with Crippen molar-refractivity contribution in [3.8, 4) is 0 Å². The number of hydrogen-bond acceptors (Lipinski definition) is 1. The van der Waals surface area contributed by atoms with Gasteiger partial charge in [-0.2, -0.15) is 0 Å². The Balaban J connectivity index is 2.46. The molecule has 0 aliphatic carbocycles. The van der Waals surface area contributed by atoms with Gasteiger partial charge in [0.05, 0.1) is 21.8 Å². The minimum absolute atomic E-state index is 0.256. The fourth-order valence-corrected chi connectivity index (χ4v) is 3.08. The first-order chi connectivity index (χ1) is 10.7. The molecule has 0 saturated carbocycles. The first-order valence-corrected chi connectivity index (χ1v) is 9.01. The molecule has 0 aliphatic rings. The van der Waals surface area contributed by atoms with Crippen LogP contribution in [-0.2, 0) is 11.0 Å². The molecule has 0 radical (unpaired) electrons. The second-order valence-corrected chi connectivity index (χ2v) is 9.06. The van der Waals surface area contributed by atoms with E-state index in [1.807, 2.05) is 45.0 Å². The Morgan fingerprint density at radius 3 is 2.22 bits per heavy atom. The minimum atomic E-state index is -1.41. The van der Waals surface area contributed by atoms with Crippen molar-refractivity contribution in [1.29, 1.82) is 0 Å². The third-order valence-corrected chi connectivity index (χ3v) is 5.35. The summed E-state index contributed by atoms with van der Waals surface area (Å²) >= 11 is 3.35. The molecule has 0 amide bonds. The van der Waals surface area contributed by atoms with E-state index in [1.54, 1.807) is 0 Å². The van der Waals surface area contributed by atoms with Gasteiger partial charge in [-0.1, -0.05) is 34.1 Å². The molecule has 0 bridgehead atoms. The van der Waals surface area contributed by atoms with Gasteiger partial charge >= 0.3 is 0 Å². The van der Waals surface area contributed by atoms with Crippen molar-refractivity contribution in [2.45, 2.75) is 31.6 Å². The highest BCUT2D eigenvalue weighted by Crippen LogP contribution is 2.28. The van der Waals surface area contributed by atoms with Crippen molar-refractivity contribution in [2.75, 3.05) is 0 Å². The van der Waals surface area contributed by atoms with Crippen LogP contribution in [0.25, 0.3) is 0 Å². The summed E-state index contributed by atoms with van der Waals surface area (Å²) < 4.78 is 43.2. The lowest BCUT2D eigenvalue weighted by Crippen LogP contribution is -2.36. The van der Waals surface area contributed by atoms with Crippen LogP contribution in [0.4, 0.5) is 8.78 Å². The maximum Gasteiger partial charge on any atom is 0.131 e. The van der Waals surface area contributed by atoms with Crippen LogP contribution >= 0.6 is 15.9 Å². The second kappa shape index (κ2) is 7.20. The number of halogens is 3. The Bertz CT molecular complexity index is 714. The van der Waals surface area contributed by atoms with Gasteiger partial charge in [0.15, 0.2) is 0 Å². The molecule has 0 aromatic heterocycles. The van der Waals surface area contributed by atoms with E-state index in [0.717, 1.165) is 16.1 Å². The predicted molar refractivity (Wildman–Crippen MR) is 93.4 cm³/mol. The number of rotatable bonds is 4. The number of benzene rings is 2. The van der Waals surface area contributed by atoms with Gasteiger partial charge in [0, 0.05) is 16.1 Å². The normalized spacial score (nSPS) is 14.5. The lowest BCUT2D eigenvalue weighted by Gasteiger charge is -2.25. The number of hydrogen-bond donors (Lipinski definition) is 1. The molecule has 2 nitrogen and oxygen atoms in total. The molecule has 2 rings (SSSR count). The molecule has 6 heteroatoms. The zero-order valence-corrected chi connectivity index (χ0v) is 15.5. The van der Waals surface area contributed by atoms with E-state index in [4.69, 9.17) is 0 Å². The van der Waals surface area contributed by atoms with Gasteiger partial charge in [0.1, 0.15) is 11.6 Å². The smallest absolute Gasteiger partial charge is 0.131 e. The first-order valence-electron chi connectivity index (χ1n) is 7.07. The lowest BCUT2D eigenvalue weighted by atomic mass is 9.99. The molecule has 2 aromatic rings. The topological polar surface area (TPSA) is 29.1 Å². The van der Waals surface area contributed by atoms with Crippen molar-refractivity contribution >= 4 is 26.9 Å². The van der Waals surface area contributed by atoms with Crippen molar-refractivity contribution in [2.24, 2.45) is 0 Å². The summed E-state index contributed by atoms with van der Waals surface area (Å²) in [7, 11) is -1.41. The molecule has 0 spiro atoms. The summed E-state index contributed by atoms with van der Waals surface area (Å²) in [5.74, 6) is -1.31. The molecule has 124 valence electrons. The van der Waals surface area contributed by atoms with Crippen LogP contribution in [-0.4, -0.2) is 8.96 Å². The molecule has 1 N–H and O–H groups in total. The zero-order valence-electron chi connectivity index (χ0n) is 13.1. The van der Waals surface area contributed by atoms with Crippen molar-refractivity contribution < 1.29 is 13.0 Å². The lowest BCUT2D eigenvalue weighted by molar-refractivity contribution is 0.557. The Hall–Kier alpha value is -1.11. The average Bonchev–Trinajstić information content (AvgIpc) is 2.45. The van der Waals surface area contributed by atoms with E-state index in [1.165, 1.54) is 12.1 Å². The Morgan fingerprint density at radius 1 is 1.09 bits per heavy atom. The molecular weight excluding hydrogens is 384 g/mol. The van der Waals surface area contributed by atoms with Gasteiger partial charge in [-0.3, -0.25) is 0 Å². The van der Waals surface area contributed by atoms with Gasteiger partial charge in [-0.25, -0.2) is 17.7 Å². The van der Waals surface area contributed by atoms with Crippen LogP contribution in [0, 0.1) is 11.6 Å². The van der Waals surface area contributed by atoms with E-state index < -0.39 is 33.4 Å².